The summed E-state index contributed by atoms with van der Waals surface area (Å²) in [6, 6.07) is 16.6. The second kappa shape index (κ2) is 12.8. The highest BCUT2D eigenvalue weighted by atomic mass is 32.2. The Morgan fingerprint density at radius 2 is 1.38 bits per heavy atom. The van der Waals surface area contributed by atoms with Crippen LogP contribution in [0.3, 0.4) is 0 Å². The van der Waals surface area contributed by atoms with Crippen LogP contribution in [-0.2, 0) is 24.8 Å². The molecule has 0 fully saturated rings. The van der Waals surface area contributed by atoms with Crippen molar-refractivity contribution in [2.24, 2.45) is 0 Å². The molecule has 3 aromatic rings. The van der Waals surface area contributed by atoms with Gasteiger partial charge < -0.3 is 19.5 Å². The number of carbonyl (C=O) groups is 1. The normalized spacial score (nSPS) is 11.5. The van der Waals surface area contributed by atoms with E-state index in [4.69, 9.17) is 14.2 Å². The number of sulfonamides is 2. The average molecular weight is 578 g/mol. The molecule has 0 bridgehead atoms. The van der Waals surface area contributed by atoms with Gasteiger partial charge in [-0.3, -0.25) is 9.10 Å². The third-order valence-corrected chi connectivity index (χ3v) is 8.91. The molecule has 0 aliphatic rings. The zero-order valence-corrected chi connectivity index (χ0v) is 23.6. The Morgan fingerprint density at radius 1 is 0.769 bits per heavy atom. The number of amides is 1. The predicted molar refractivity (Wildman–Crippen MR) is 146 cm³/mol. The number of nitrogens with zero attached hydrogens (tertiary/aromatic N) is 1. The molecule has 0 atom stereocenters. The molecule has 13 heteroatoms. The maximum atomic E-state index is 13.7. The summed E-state index contributed by atoms with van der Waals surface area (Å²) in [7, 11) is -3.70. The van der Waals surface area contributed by atoms with Gasteiger partial charge in [-0.25, -0.2) is 21.6 Å². The largest absolute Gasteiger partial charge is 0.497 e. The van der Waals surface area contributed by atoms with Gasteiger partial charge in [-0.1, -0.05) is 17.7 Å². The molecule has 3 aromatic carbocycles. The van der Waals surface area contributed by atoms with Crippen LogP contribution in [0.15, 0.2) is 76.5 Å². The Hall–Kier alpha value is -3.81. The van der Waals surface area contributed by atoms with Crippen LogP contribution in [0.5, 0.6) is 17.2 Å². The summed E-state index contributed by atoms with van der Waals surface area (Å²) in [6.07, 6.45) is 0. The molecular weight excluding hydrogens is 546 g/mol. The fourth-order valence-electron chi connectivity index (χ4n) is 3.54. The van der Waals surface area contributed by atoms with Gasteiger partial charge in [0.2, 0.25) is 15.9 Å². The van der Waals surface area contributed by atoms with Crippen LogP contribution in [0, 0.1) is 6.92 Å². The number of anilines is 1. The lowest BCUT2D eigenvalue weighted by Gasteiger charge is -2.24. The van der Waals surface area contributed by atoms with E-state index < -0.39 is 32.5 Å². The third kappa shape index (κ3) is 7.40. The van der Waals surface area contributed by atoms with Crippen molar-refractivity contribution in [2.45, 2.75) is 16.7 Å². The number of hydrogen-bond acceptors (Lipinski definition) is 8. The minimum Gasteiger partial charge on any atom is -0.497 e. The highest BCUT2D eigenvalue weighted by Gasteiger charge is 2.28. The van der Waals surface area contributed by atoms with Crippen molar-refractivity contribution in [1.82, 2.24) is 10.0 Å². The van der Waals surface area contributed by atoms with Crippen molar-refractivity contribution in [1.29, 1.82) is 0 Å². The van der Waals surface area contributed by atoms with Crippen molar-refractivity contribution in [3.05, 3.63) is 72.3 Å². The van der Waals surface area contributed by atoms with E-state index in [1.807, 2.05) is 6.92 Å². The minimum absolute atomic E-state index is 0.0587. The molecule has 0 unspecified atom stereocenters. The minimum atomic E-state index is -4.24. The maximum absolute atomic E-state index is 13.7. The molecule has 0 heterocycles. The molecule has 0 aromatic heterocycles. The predicted octanol–water partition coefficient (Wildman–Crippen LogP) is 2.31. The molecule has 1 amide bonds. The van der Waals surface area contributed by atoms with Crippen LogP contribution in [0.25, 0.3) is 0 Å². The van der Waals surface area contributed by atoms with Crippen LogP contribution >= 0.6 is 0 Å². The molecule has 2 N–H and O–H groups in total. The fourth-order valence-corrected chi connectivity index (χ4v) is 6.01. The van der Waals surface area contributed by atoms with E-state index in [-0.39, 0.29) is 34.3 Å². The molecule has 11 nitrogen and oxygen atoms in total. The number of benzene rings is 3. The lowest BCUT2D eigenvalue weighted by atomic mass is 10.2. The van der Waals surface area contributed by atoms with Crippen molar-refractivity contribution in [3.8, 4) is 17.2 Å². The number of aryl methyl sites for hydroxylation is 1. The Morgan fingerprint density at radius 3 is 1.97 bits per heavy atom. The maximum Gasteiger partial charge on any atom is 0.264 e. The zero-order chi connectivity index (χ0) is 28.6. The number of nitrogens with one attached hydrogen (secondary N) is 2. The smallest absolute Gasteiger partial charge is 0.264 e. The van der Waals surface area contributed by atoms with E-state index in [9.17, 15) is 21.6 Å². The highest BCUT2D eigenvalue weighted by molar-refractivity contribution is 7.92. The Balaban J connectivity index is 1.76. The van der Waals surface area contributed by atoms with Gasteiger partial charge in [0, 0.05) is 19.2 Å². The molecule has 0 saturated heterocycles. The van der Waals surface area contributed by atoms with E-state index in [1.165, 1.54) is 63.8 Å². The number of hydrogen-bond donors (Lipinski definition) is 2. The first-order valence-corrected chi connectivity index (χ1v) is 14.7. The summed E-state index contributed by atoms with van der Waals surface area (Å²) >= 11 is 0. The van der Waals surface area contributed by atoms with Gasteiger partial charge in [0.15, 0.2) is 11.5 Å². The molecule has 0 saturated carbocycles. The summed E-state index contributed by atoms with van der Waals surface area (Å²) in [6.45, 7) is 1.14. The number of ether oxygens (including phenoxy) is 3. The van der Waals surface area contributed by atoms with Crippen LogP contribution < -0.4 is 28.6 Å². The van der Waals surface area contributed by atoms with Gasteiger partial charge in [0.05, 0.1) is 36.8 Å². The van der Waals surface area contributed by atoms with Gasteiger partial charge in [-0.2, -0.15) is 0 Å². The molecule has 0 spiro atoms. The number of carbonyl (C=O) groups excluding carboxylic acids is 1. The monoisotopic (exact) mass is 577 g/mol. The number of rotatable bonds is 13. The van der Waals surface area contributed by atoms with Gasteiger partial charge in [-0.15, -0.1) is 0 Å². The third-order valence-electron chi connectivity index (χ3n) is 5.66. The molecule has 0 aliphatic carbocycles. The van der Waals surface area contributed by atoms with E-state index >= 15 is 0 Å². The lowest BCUT2D eigenvalue weighted by molar-refractivity contribution is -0.119. The first-order valence-electron chi connectivity index (χ1n) is 11.7. The van der Waals surface area contributed by atoms with E-state index in [2.05, 4.69) is 10.0 Å². The van der Waals surface area contributed by atoms with Crippen molar-refractivity contribution >= 4 is 31.6 Å². The average Bonchev–Trinajstić information content (AvgIpc) is 2.93. The van der Waals surface area contributed by atoms with Gasteiger partial charge in [-0.05, 0) is 55.5 Å². The van der Waals surface area contributed by atoms with E-state index in [0.717, 1.165) is 9.87 Å². The standard InChI is InChI=1S/C26H31N3O8S2/c1-19-5-11-22(12-6-19)38(31,32)28-16-15-27-26(30)18-29(20-7-9-21(35-2)10-8-20)39(33,34)23-13-14-24(36-3)25(17-23)37-4/h5-14,17,28H,15-16,18H2,1-4H3,(H,27,30). The molecule has 0 aliphatic heterocycles. The number of methoxy groups -OCH3 is 3. The zero-order valence-electron chi connectivity index (χ0n) is 22.0. The van der Waals surface area contributed by atoms with Crippen molar-refractivity contribution in [3.63, 3.8) is 0 Å². The topological polar surface area (TPSA) is 140 Å². The molecule has 3 rings (SSSR count). The van der Waals surface area contributed by atoms with Gasteiger partial charge in [0.25, 0.3) is 10.0 Å². The summed E-state index contributed by atoms with van der Waals surface area (Å²) in [5.41, 5.74) is 1.14. The first-order chi connectivity index (χ1) is 18.5. The second-order valence-corrected chi connectivity index (χ2v) is 11.9. The van der Waals surface area contributed by atoms with Crippen molar-refractivity contribution < 1.29 is 35.8 Å². The van der Waals surface area contributed by atoms with Gasteiger partial charge in [0.1, 0.15) is 12.3 Å². The quantitative estimate of drug-likeness (QED) is 0.295. The molecule has 39 heavy (non-hydrogen) atoms. The summed E-state index contributed by atoms with van der Waals surface area (Å²) in [5.74, 6) is 0.425. The Labute approximate surface area is 228 Å². The summed E-state index contributed by atoms with van der Waals surface area (Å²) in [5, 5.41) is 2.56. The van der Waals surface area contributed by atoms with E-state index in [1.54, 1.807) is 24.3 Å². The van der Waals surface area contributed by atoms with Crippen LogP contribution in [0.4, 0.5) is 5.69 Å². The molecule has 0 radical (unpaired) electrons. The van der Waals surface area contributed by atoms with Crippen LogP contribution in [0.1, 0.15) is 5.56 Å². The lowest BCUT2D eigenvalue weighted by Crippen LogP contribution is -2.43. The SMILES string of the molecule is COc1ccc(N(CC(=O)NCCNS(=O)(=O)c2ccc(C)cc2)S(=O)(=O)c2ccc(OC)c(OC)c2)cc1. The van der Waals surface area contributed by atoms with Gasteiger partial charge >= 0.3 is 0 Å². The Kier molecular flexibility index (Phi) is 9.78. The van der Waals surface area contributed by atoms with Crippen LogP contribution in [0.2, 0.25) is 0 Å². The summed E-state index contributed by atoms with van der Waals surface area (Å²) < 4.78 is 71.2. The first kappa shape index (κ1) is 29.7. The fraction of sp³-hybridized carbons (Fsp3) is 0.269. The molecule has 210 valence electrons. The van der Waals surface area contributed by atoms with E-state index in [0.29, 0.717) is 11.5 Å². The molecular formula is C26H31N3O8S2. The van der Waals surface area contributed by atoms with Crippen molar-refractivity contribution in [2.75, 3.05) is 45.3 Å². The summed E-state index contributed by atoms with van der Waals surface area (Å²) in [4.78, 5) is 12.8. The highest BCUT2D eigenvalue weighted by Crippen LogP contribution is 2.32. The Bertz CT molecular complexity index is 1490. The second-order valence-electron chi connectivity index (χ2n) is 8.29. The van der Waals surface area contributed by atoms with Crippen LogP contribution in [-0.4, -0.2) is 63.7 Å².